The zero-order chi connectivity index (χ0) is 22.4. The minimum Gasteiger partial charge on any atom is -0.486 e. The molecule has 2 aliphatic heterocycles. The van der Waals surface area contributed by atoms with Gasteiger partial charge in [-0.05, 0) is 75.0 Å². The van der Waals surface area contributed by atoms with Crippen molar-refractivity contribution in [1.82, 2.24) is 25.0 Å². The molecule has 1 fully saturated rings. The standard InChI is InChI=1S/C25H28FN5O2.ClH/c26-21-6-4-16-5-7-23(32)31-20(15-33-25(21)24(16)31)14-30-10-8-18(9-11-30)27-13-19-12-17-2-1-3-22(17)29-28-19;/h4-7,12,18,20,27H,1-3,8-11,13-15H2;1H/t20-;/m1./s1. The Morgan fingerprint density at radius 2 is 1.94 bits per heavy atom. The van der Waals surface area contributed by atoms with E-state index in [0.29, 0.717) is 18.2 Å². The topological polar surface area (TPSA) is 72.3 Å². The number of halogens is 2. The number of benzene rings is 1. The number of nitrogens with one attached hydrogen (secondary N) is 1. The lowest BCUT2D eigenvalue weighted by Gasteiger charge is -2.36. The molecule has 180 valence electrons. The van der Waals surface area contributed by atoms with E-state index < -0.39 is 5.82 Å². The van der Waals surface area contributed by atoms with Crippen molar-refractivity contribution in [3.05, 3.63) is 63.5 Å². The number of ether oxygens (including phenoxy) is 1. The van der Waals surface area contributed by atoms with E-state index in [-0.39, 0.29) is 29.8 Å². The zero-order valence-electron chi connectivity index (χ0n) is 19.0. The van der Waals surface area contributed by atoms with Crippen molar-refractivity contribution in [2.24, 2.45) is 0 Å². The molecule has 1 aliphatic carbocycles. The van der Waals surface area contributed by atoms with Crippen LogP contribution >= 0.6 is 12.4 Å². The quantitative estimate of drug-likeness (QED) is 0.599. The second-order valence-corrected chi connectivity index (χ2v) is 9.44. The molecule has 0 saturated carbocycles. The first-order chi connectivity index (χ1) is 16.2. The summed E-state index contributed by atoms with van der Waals surface area (Å²) in [7, 11) is 0. The summed E-state index contributed by atoms with van der Waals surface area (Å²) in [5.41, 5.74) is 4.02. The van der Waals surface area contributed by atoms with Crippen LogP contribution in [0.5, 0.6) is 5.75 Å². The van der Waals surface area contributed by atoms with Crippen molar-refractivity contribution in [2.45, 2.75) is 50.7 Å². The average molecular weight is 486 g/mol. The van der Waals surface area contributed by atoms with E-state index in [4.69, 9.17) is 4.74 Å². The van der Waals surface area contributed by atoms with Crippen molar-refractivity contribution in [1.29, 1.82) is 0 Å². The first-order valence-electron chi connectivity index (χ1n) is 11.9. The highest BCUT2D eigenvalue weighted by molar-refractivity contribution is 5.86. The maximum absolute atomic E-state index is 14.3. The number of aromatic nitrogens is 3. The smallest absolute Gasteiger partial charge is 0.251 e. The highest BCUT2D eigenvalue weighted by Crippen LogP contribution is 2.34. The number of pyridine rings is 1. The zero-order valence-corrected chi connectivity index (χ0v) is 19.8. The van der Waals surface area contributed by atoms with Crippen molar-refractivity contribution in [2.75, 3.05) is 26.2 Å². The molecule has 1 N–H and O–H groups in total. The molecule has 7 nitrogen and oxygen atoms in total. The van der Waals surface area contributed by atoms with Crippen LogP contribution in [0, 0.1) is 5.82 Å². The molecule has 1 aromatic carbocycles. The summed E-state index contributed by atoms with van der Waals surface area (Å²) in [4.78, 5) is 15.1. The fourth-order valence-electron chi connectivity index (χ4n) is 5.51. The molecular formula is C25H29ClFN5O2. The summed E-state index contributed by atoms with van der Waals surface area (Å²) >= 11 is 0. The lowest BCUT2D eigenvalue weighted by molar-refractivity contribution is 0.137. The van der Waals surface area contributed by atoms with E-state index >= 15 is 0 Å². The summed E-state index contributed by atoms with van der Waals surface area (Å²) < 4.78 is 21.8. The van der Waals surface area contributed by atoms with Crippen LogP contribution in [-0.2, 0) is 19.4 Å². The second kappa shape index (κ2) is 9.60. The van der Waals surface area contributed by atoms with Gasteiger partial charge < -0.3 is 15.0 Å². The molecule has 3 aromatic rings. The van der Waals surface area contributed by atoms with Crippen LogP contribution in [0.2, 0.25) is 0 Å². The fourth-order valence-corrected chi connectivity index (χ4v) is 5.51. The fraction of sp³-hybridized carbons (Fsp3) is 0.480. The van der Waals surface area contributed by atoms with Gasteiger partial charge in [-0.15, -0.1) is 12.4 Å². The van der Waals surface area contributed by atoms with Crippen molar-refractivity contribution >= 4 is 23.3 Å². The molecule has 6 rings (SSSR count). The van der Waals surface area contributed by atoms with E-state index in [0.717, 1.165) is 62.9 Å². The van der Waals surface area contributed by atoms with Gasteiger partial charge in [0.25, 0.3) is 5.56 Å². The Morgan fingerprint density at radius 1 is 1.12 bits per heavy atom. The van der Waals surface area contributed by atoms with Gasteiger partial charge in [-0.1, -0.05) is 0 Å². The van der Waals surface area contributed by atoms with Crippen molar-refractivity contribution in [3.63, 3.8) is 0 Å². The van der Waals surface area contributed by atoms with Gasteiger partial charge in [0.1, 0.15) is 6.61 Å². The summed E-state index contributed by atoms with van der Waals surface area (Å²) in [5.74, 6) is -0.223. The number of rotatable bonds is 5. The molecule has 1 saturated heterocycles. The monoisotopic (exact) mass is 485 g/mol. The van der Waals surface area contributed by atoms with Gasteiger partial charge >= 0.3 is 0 Å². The third-order valence-corrected chi connectivity index (χ3v) is 7.28. The van der Waals surface area contributed by atoms with E-state index in [1.54, 1.807) is 22.8 Å². The van der Waals surface area contributed by atoms with Crippen molar-refractivity contribution < 1.29 is 9.13 Å². The van der Waals surface area contributed by atoms with E-state index in [1.807, 2.05) is 0 Å². The Kier molecular flexibility index (Phi) is 6.55. The summed E-state index contributed by atoms with van der Waals surface area (Å²) in [6, 6.07) is 8.95. The number of likely N-dealkylation sites (tertiary alicyclic amines) is 1. The number of fused-ring (bicyclic) bond motifs is 1. The number of hydrogen-bond donors (Lipinski definition) is 1. The van der Waals surface area contributed by atoms with Crippen LogP contribution in [0.15, 0.2) is 35.1 Å². The van der Waals surface area contributed by atoms with Gasteiger partial charge in [0.2, 0.25) is 0 Å². The molecule has 0 amide bonds. The van der Waals surface area contributed by atoms with E-state index in [2.05, 4.69) is 26.5 Å². The molecule has 0 spiro atoms. The highest BCUT2D eigenvalue weighted by Gasteiger charge is 2.29. The van der Waals surface area contributed by atoms with Gasteiger partial charge in [0.05, 0.1) is 22.9 Å². The molecule has 4 heterocycles. The van der Waals surface area contributed by atoms with Gasteiger partial charge in [-0.3, -0.25) is 9.36 Å². The largest absolute Gasteiger partial charge is 0.486 e. The molecule has 2 aromatic heterocycles. The number of aryl methyl sites for hydroxylation is 2. The SMILES string of the molecule is Cl.O=c1ccc2ccc(F)c3c2n1[C@H](CN1CCC(NCc2cc4c(nn2)CCC4)CC1)CO3. The van der Waals surface area contributed by atoms with Crippen LogP contribution in [0.3, 0.4) is 0 Å². The van der Waals surface area contributed by atoms with Crippen molar-refractivity contribution in [3.8, 4) is 5.75 Å². The minimum atomic E-state index is -0.416. The van der Waals surface area contributed by atoms with Crippen LogP contribution < -0.4 is 15.6 Å². The molecular weight excluding hydrogens is 457 g/mol. The Bertz CT molecular complexity index is 1260. The maximum Gasteiger partial charge on any atom is 0.251 e. The molecule has 0 bridgehead atoms. The number of piperidine rings is 1. The highest BCUT2D eigenvalue weighted by atomic mass is 35.5. The van der Waals surface area contributed by atoms with Crippen LogP contribution in [-0.4, -0.2) is 51.9 Å². The minimum absolute atomic E-state index is 0. The van der Waals surface area contributed by atoms with Gasteiger partial charge in [-0.2, -0.15) is 10.2 Å². The van der Waals surface area contributed by atoms with Gasteiger partial charge in [-0.25, -0.2) is 4.39 Å². The molecule has 0 unspecified atom stereocenters. The molecule has 3 aliphatic rings. The third kappa shape index (κ3) is 4.30. The Labute approximate surface area is 203 Å². The van der Waals surface area contributed by atoms with Gasteiger partial charge in [0, 0.05) is 30.6 Å². The summed E-state index contributed by atoms with van der Waals surface area (Å²) in [6.07, 6.45) is 5.44. The predicted octanol–water partition coefficient (Wildman–Crippen LogP) is 3.03. The average Bonchev–Trinajstić information content (AvgIpc) is 3.31. The van der Waals surface area contributed by atoms with Crippen LogP contribution in [0.4, 0.5) is 4.39 Å². The second-order valence-electron chi connectivity index (χ2n) is 9.44. The van der Waals surface area contributed by atoms with E-state index in [1.165, 1.54) is 23.7 Å². The Morgan fingerprint density at radius 3 is 2.79 bits per heavy atom. The lowest BCUT2D eigenvalue weighted by Crippen LogP contribution is -2.46. The summed E-state index contributed by atoms with van der Waals surface area (Å²) in [6.45, 7) is 3.68. The van der Waals surface area contributed by atoms with Crippen LogP contribution in [0.25, 0.3) is 10.9 Å². The Balaban J connectivity index is 0.00000241. The van der Waals surface area contributed by atoms with E-state index in [9.17, 15) is 9.18 Å². The number of nitrogens with zero attached hydrogens (tertiary/aromatic N) is 4. The molecule has 9 heteroatoms. The first-order valence-corrected chi connectivity index (χ1v) is 11.9. The third-order valence-electron chi connectivity index (χ3n) is 7.28. The summed E-state index contributed by atoms with van der Waals surface area (Å²) in [5, 5.41) is 13.2. The molecule has 0 radical (unpaired) electrons. The maximum atomic E-state index is 14.3. The molecule has 34 heavy (non-hydrogen) atoms. The van der Waals surface area contributed by atoms with Crippen LogP contribution in [0.1, 0.15) is 42.3 Å². The van der Waals surface area contributed by atoms with Gasteiger partial charge in [0.15, 0.2) is 11.6 Å². The number of hydrogen-bond acceptors (Lipinski definition) is 6. The molecule has 1 atom stereocenters. The normalized spacial score (nSPS) is 20.1. The first kappa shape index (κ1) is 23.2. The predicted molar refractivity (Wildman–Crippen MR) is 130 cm³/mol. The Hall–Kier alpha value is -2.55. The lowest BCUT2D eigenvalue weighted by atomic mass is 10.0.